The molecule has 0 unspecified atom stereocenters. The summed E-state index contributed by atoms with van der Waals surface area (Å²) in [5.41, 5.74) is 2.05. The largest absolute Gasteiger partial charge is 0.496 e. The van der Waals surface area contributed by atoms with E-state index in [1.165, 1.54) is 11.3 Å². The van der Waals surface area contributed by atoms with E-state index in [0.717, 1.165) is 11.1 Å². The maximum Gasteiger partial charge on any atom is 0.338 e. The molecule has 1 aromatic heterocycles. The van der Waals surface area contributed by atoms with Crippen molar-refractivity contribution in [2.24, 2.45) is 4.99 Å². The molecule has 0 amide bonds. The van der Waals surface area contributed by atoms with Crippen LogP contribution >= 0.6 is 27.3 Å². The lowest BCUT2D eigenvalue weighted by molar-refractivity contribution is -0.139. The van der Waals surface area contributed by atoms with Crippen LogP contribution in [-0.4, -0.2) is 37.5 Å². The maximum absolute atomic E-state index is 13.8. The summed E-state index contributed by atoms with van der Waals surface area (Å²) in [5, 5.41) is 0. The minimum Gasteiger partial charge on any atom is -0.496 e. The third-order valence-corrected chi connectivity index (χ3v) is 7.46. The van der Waals surface area contributed by atoms with Gasteiger partial charge >= 0.3 is 5.97 Å². The fourth-order valence-corrected chi connectivity index (χ4v) is 5.84. The van der Waals surface area contributed by atoms with Crippen LogP contribution in [0.15, 0.2) is 61.9 Å². The van der Waals surface area contributed by atoms with Crippen LogP contribution in [0.3, 0.4) is 0 Å². The molecule has 1 aliphatic heterocycles. The Morgan fingerprint density at radius 1 is 1.13 bits per heavy atom. The van der Waals surface area contributed by atoms with E-state index in [9.17, 15) is 9.59 Å². The fourth-order valence-electron chi connectivity index (χ4n) is 4.24. The van der Waals surface area contributed by atoms with Gasteiger partial charge in [-0.25, -0.2) is 9.79 Å². The number of nitrogens with zero attached hydrogens (tertiary/aromatic N) is 2. The number of aromatic nitrogens is 1. The Balaban J connectivity index is 1.90. The average molecular weight is 602 g/mol. The lowest BCUT2D eigenvalue weighted by Gasteiger charge is -2.25. The number of esters is 1. The van der Waals surface area contributed by atoms with Crippen LogP contribution in [0.2, 0.25) is 0 Å². The highest BCUT2D eigenvalue weighted by Crippen LogP contribution is 2.35. The second-order valence-electron chi connectivity index (χ2n) is 8.77. The Bertz CT molecular complexity index is 1590. The van der Waals surface area contributed by atoms with E-state index in [1.54, 1.807) is 44.8 Å². The van der Waals surface area contributed by atoms with Gasteiger partial charge in [0, 0.05) is 0 Å². The van der Waals surface area contributed by atoms with Crippen molar-refractivity contribution in [2.75, 3.05) is 20.8 Å². The molecule has 200 valence electrons. The molecular formula is C28H29BrN2O6S. The molecule has 0 saturated carbocycles. The van der Waals surface area contributed by atoms with E-state index in [0.29, 0.717) is 42.3 Å². The number of benzene rings is 2. The predicted molar refractivity (Wildman–Crippen MR) is 150 cm³/mol. The van der Waals surface area contributed by atoms with Crippen LogP contribution in [0.1, 0.15) is 44.9 Å². The van der Waals surface area contributed by atoms with Gasteiger partial charge < -0.3 is 18.9 Å². The number of fused-ring (bicyclic) bond motifs is 1. The van der Waals surface area contributed by atoms with Gasteiger partial charge in [0.25, 0.3) is 5.56 Å². The molecule has 0 bridgehead atoms. The minimum atomic E-state index is -0.717. The van der Waals surface area contributed by atoms with Gasteiger partial charge in [0.15, 0.2) is 16.3 Å². The van der Waals surface area contributed by atoms with Crippen molar-refractivity contribution in [1.29, 1.82) is 0 Å². The highest BCUT2D eigenvalue weighted by atomic mass is 79.9. The van der Waals surface area contributed by atoms with Gasteiger partial charge in [-0.1, -0.05) is 23.5 Å². The lowest BCUT2D eigenvalue weighted by Crippen LogP contribution is -2.39. The first-order valence-electron chi connectivity index (χ1n) is 12.1. The zero-order chi connectivity index (χ0) is 27.6. The van der Waals surface area contributed by atoms with Crippen molar-refractivity contribution in [2.45, 2.75) is 39.8 Å². The number of carbonyl (C=O) groups excluding carboxylic acids is 1. The number of methoxy groups -OCH3 is 2. The standard InChI is InChI=1S/C28H29BrN2O6S/c1-7-36-27(33)24-16(4)30-28-31(25(24)18-9-11-20(34-5)19(29)14-18)26(32)23(38-28)13-17-8-10-21(37-15(2)3)22(12-17)35-6/h8-15,25H,7H2,1-6H3/b23-13+/t25-/m1/s1. The Morgan fingerprint density at radius 2 is 1.84 bits per heavy atom. The summed E-state index contributed by atoms with van der Waals surface area (Å²) in [5.74, 6) is 1.33. The third kappa shape index (κ3) is 5.42. The van der Waals surface area contributed by atoms with Gasteiger partial charge in [-0.2, -0.15) is 0 Å². The van der Waals surface area contributed by atoms with Crippen LogP contribution in [0.5, 0.6) is 17.2 Å². The second kappa shape index (κ2) is 11.6. The first kappa shape index (κ1) is 27.7. The quantitative estimate of drug-likeness (QED) is 0.357. The Labute approximate surface area is 233 Å². The molecule has 0 N–H and O–H groups in total. The topological polar surface area (TPSA) is 88.4 Å². The molecule has 8 nitrogen and oxygen atoms in total. The number of ether oxygens (including phenoxy) is 4. The molecular weight excluding hydrogens is 572 g/mol. The Kier molecular flexibility index (Phi) is 8.42. The van der Waals surface area contributed by atoms with E-state index >= 15 is 0 Å². The van der Waals surface area contributed by atoms with E-state index in [-0.39, 0.29) is 18.3 Å². The van der Waals surface area contributed by atoms with Crippen molar-refractivity contribution in [3.8, 4) is 17.2 Å². The summed E-state index contributed by atoms with van der Waals surface area (Å²) in [4.78, 5) is 32.0. The normalized spacial score (nSPS) is 15.3. The Morgan fingerprint density at radius 3 is 2.47 bits per heavy atom. The second-order valence-corrected chi connectivity index (χ2v) is 10.6. The third-order valence-electron chi connectivity index (χ3n) is 5.86. The van der Waals surface area contributed by atoms with E-state index in [4.69, 9.17) is 18.9 Å². The van der Waals surface area contributed by atoms with Crippen molar-refractivity contribution in [3.63, 3.8) is 0 Å². The van der Waals surface area contributed by atoms with Crippen molar-refractivity contribution in [1.82, 2.24) is 4.57 Å². The van der Waals surface area contributed by atoms with Gasteiger partial charge in [-0.3, -0.25) is 9.36 Å². The molecule has 1 atom stereocenters. The van der Waals surface area contributed by atoms with Gasteiger partial charge in [0.1, 0.15) is 5.75 Å². The number of allylic oxidation sites excluding steroid dienone is 1. The van der Waals surface area contributed by atoms with E-state index in [1.807, 2.05) is 44.2 Å². The summed E-state index contributed by atoms with van der Waals surface area (Å²) in [7, 11) is 3.15. The number of carbonyl (C=O) groups is 1. The van der Waals surface area contributed by atoms with Crippen LogP contribution in [0, 0.1) is 0 Å². The number of hydrogen-bond acceptors (Lipinski definition) is 8. The van der Waals surface area contributed by atoms with Crippen molar-refractivity contribution in [3.05, 3.63) is 83.0 Å². The van der Waals surface area contributed by atoms with Crippen LogP contribution in [-0.2, 0) is 9.53 Å². The number of thiazole rings is 1. The molecule has 2 heterocycles. The zero-order valence-corrected chi connectivity index (χ0v) is 24.4. The highest BCUT2D eigenvalue weighted by Gasteiger charge is 2.33. The minimum absolute atomic E-state index is 0.00624. The van der Waals surface area contributed by atoms with Gasteiger partial charge in [0.2, 0.25) is 0 Å². The Hall–Kier alpha value is -3.37. The zero-order valence-electron chi connectivity index (χ0n) is 22.0. The highest BCUT2D eigenvalue weighted by molar-refractivity contribution is 9.10. The maximum atomic E-state index is 13.8. The lowest BCUT2D eigenvalue weighted by atomic mass is 9.96. The SMILES string of the molecule is CCOC(=O)C1=C(C)N=c2s/c(=C/c3ccc(OC(C)C)c(OC)c3)c(=O)n2[C@@H]1c1ccc(OC)c(Br)c1. The molecule has 10 heteroatoms. The molecule has 0 saturated heterocycles. The van der Waals surface area contributed by atoms with Crippen LogP contribution < -0.4 is 29.1 Å². The fraction of sp³-hybridized carbons (Fsp3) is 0.321. The number of hydrogen-bond donors (Lipinski definition) is 0. The summed E-state index contributed by atoms with van der Waals surface area (Å²) >= 11 is 4.78. The van der Waals surface area contributed by atoms with Crippen LogP contribution in [0.25, 0.3) is 6.08 Å². The average Bonchev–Trinajstić information content (AvgIpc) is 3.17. The van der Waals surface area contributed by atoms with E-state index in [2.05, 4.69) is 20.9 Å². The summed E-state index contributed by atoms with van der Waals surface area (Å²) < 4.78 is 24.8. The number of halogens is 1. The van der Waals surface area contributed by atoms with E-state index < -0.39 is 12.0 Å². The van der Waals surface area contributed by atoms with Gasteiger partial charge in [-0.05, 0) is 85.1 Å². The smallest absolute Gasteiger partial charge is 0.338 e. The molecule has 0 aliphatic carbocycles. The summed E-state index contributed by atoms with van der Waals surface area (Å²) in [6, 6.07) is 10.3. The summed E-state index contributed by atoms with van der Waals surface area (Å²) in [6.45, 7) is 7.59. The molecule has 0 spiro atoms. The van der Waals surface area contributed by atoms with Gasteiger partial charge in [-0.15, -0.1) is 0 Å². The molecule has 4 rings (SSSR count). The first-order chi connectivity index (χ1) is 18.2. The first-order valence-corrected chi connectivity index (χ1v) is 13.7. The van der Waals surface area contributed by atoms with Crippen molar-refractivity contribution < 1.29 is 23.7 Å². The van der Waals surface area contributed by atoms with Crippen LogP contribution in [0.4, 0.5) is 0 Å². The molecule has 3 aromatic rings. The molecule has 0 fully saturated rings. The summed E-state index contributed by atoms with van der Waals surface area (Å²) in [6.07, 6.45) is 1.78. The van der Waals surface area contributed by atoms with Crippen molar-refractivity contribution >= 4 is 39.3 Å². The molecule has 0 radical (unpaired) electrons. The van der Waals surface area contributed by atoms with Gasteiger partial charge in [0.05, 0.1) is 53.2 Å². The predicted octanol–water partition coefficient (Wildman–Crippen LogP) is 4.37. The molecule has 1 aliphatic rings. The molecule has 38 heavy (non-hydrogen) atoms. The monoisotopic (exact) mass is 600 g/mol. The molecule has 2 aromatic carbocycles. The number of rotatable bonds is 8.